The summed E-state index contributed by atoms with van der Waals surface area (Å²) in [7, 11) is 0. The molecule has 0 aliphatic carbocycles. The number of thiazole rings is 1. The number of nitrogens with one attached hydrogen (secondary N) is 1. The summed E-state index contributed by atoms with van der Waals surface area (Å²) in [5.41, 5.74) is 4.53. The first-order valence-electron chi connectivity index (χ1n) is 11.2. The molecular formula is C25H21N5O5S. The van der Waals surface area contributed by atoms with Crippen LogP contribution in [0.25, 0.3) is 11.3 Å². The van der Waals surface area contributed by atoms with E-state index in [4.69, 9.17) is 4.42 Å². The Morgan fingerprint density at radius 1 is 1.19 bits per heavy atom. The molecule has 0 bridgehead atoms. The van der Waals surface area contributed by atoms with Crippen LogP contribution < -0.4 is 10.2 Å². The standard InChI is InChI=1S/C25H21N5O5S/c1-14-23(35-15(2)26-14)24(32)28-25-27-20(13-36-25)17-6-8-21-18(11-17)7-9-22(31)29(21)12-16-4-3-5-19(10-16)30(33)34/h3-6,8,10-11,13H,7,9,12H2,1-2H3,(H,27,28,32). The molecule has 0 saturated carbocycles. The third kappa shape index (κ3) is 4.60. The fourth-order valence-electron chi connectivity index (χ4n) is 4.20. The summed E-state index contributed by atoms with van der Waals surface area (Å²) in [6.07, 6.45) is 0.936. The molecule has 10 nitrogen and oxygen atoms in total. The zero-order valence-electron chi connectivity index (χ0n) is 19.5. The number of hydrogen-bond acceptors (Lipinski definition) is 8. The van der Waals surface area contributed by atoms with Gasteiger partial charge in [-0.15, -0.1) is 11.3 Å². The Labute approximate surface area is 209 Å². The summed E-state index contributed by atoms with van der Waals surface area (Å²) in [4.78, 5) is 46.2. The topological polar surface area (TPSA) is 131 Å². The number of fused-ring (bicyclic) bond motifs is 1. The monoisotopic (exact) mass is 503 g/mol. The highest BCUT2D eigenvalue weighted by Crippen LogP contribution is 2.34. The largest absolute Gasteiger partial charge is 0.436 e. The minimum Gasteiger partial charge on any atom is -0.436 e. The highest BCUT2D eigenvalue weighted by Gasteiger charge is 2.25. The van der Waals surface area contributed by atoms with E-state index in [1.165, 1.54) is 23.5 Å². The van der Waals surface area contributed by atoms with Crippen LogP contribution in [0.2, 0.25) is 0 Å². The van der Waals surface area contributed by atoms with Crippen LogP contribution in [0.4, 0.5) is 16.5 Å². The molecule has 5 rings (SSSR count). The minimum absolute atomic E-state index is 0.00689. The van der Waals surface area contributed by atoms with Gasteiger partial charge in [0.05, 0.1) is 22.9 Å². The number of rotatable bonds is 6. The molecule has 0 atom stereocenters. The van der Waals surface area contributed by atoms with Gasteiger partial charge in [0.1, 0.15) is 0 Å². The number of nitrogens with zero attached hydrogens (tertiary/aromatic N) is 4. The molecule has 0 spiro atoms. The molecule has 4 aromatic rings. The summed E-state index contributed by atoms with van der Waals surface area (Å²) in [5, 5.41) is 16.2. The summed E-state index contributed by atoms with van der Waals surface area (Å²) in [5.74, 6) is 0.143. The lowest BCUT2D eigenvalue weighted by Gasteiger charge is -2.30. The highest BCUT2D eigenvalue weighted by molar-refractivity contribution is 7.14. The van der Waals surface area contributed by atoms with Crippen molar-refractivity contribution >= 4 is 39.7 Å². The molecular weight excluding hydrogens is 482 g/mol. The van der Waals surface area contributed by atoms with Gasteiger partial charge in [0.15, 0.2) is 11.0 Å². The van der Waals surface area contributed by atoms with Crippen molar-refractivity contribution in [1.82, 2.24) is 9.97 Å². The first-order chi connectivity index (χ1) is 17.3. The van der Waals surface area contributed by atoms with Crippen LogP contribution in [-0.2, 0) is 17.8 Å². The second kappa shape index (κ2) is 9.34. The zero-order chi connectivity index (χ0) is 25.4. The second-order valence-electron chi connectivity index (χ2n) is 8.39. The van der Waals surface area contributed by atoms with Gasteiger partial charge in [0.25, 0.3) is 11.6 Å². The van der Waals surface area contributed by atoms with E-state index in [0.717, 1.165) is 16.8 Å². The van der Waals surface area contributed by atoms with Gasteiger partial charge < -0.3 is 9.32 Å². The fourth-order valence-corrected chi connectivity index (χ4v) is 4.92. The molecule has 11 heteroatoms. The van der Waals surface area contributed by atoms with Gasteiger partial charge in [-0.05, 0) is 36.6 Å². The van der Waals surface area contributed by atoms with Crippen molar-refractivity contribution in [3.63, 3.8) is 0 Å². The molecule has 2 aromatic heterocycles. The lowest BCUT2D eigenvalue weighted by Crippen LogP contribution is -2.34. The fraction of sp³-hybridized carbons (Fsp3) is 0.200. The quantitative estimate of drug-likeness (QED) is 0.287. The number of anilines is 2. The van der Waals surface area contributed by atoms with Crippen LogP contribution in [0, 0.1) is 24.0 Å². The predicted octanol–water partition coefficient (Wildman–Crippen LogP) is 5.05. The van der Waals surface area contributed by atoms with Crippen molar-refractivity contribution in [2.24, 2.45) is 0 Å². The second-order valence-corrected chi connectivity index (χ2v) is 9.25. The number of amides is 2. The summed E-state index contributed by atoms with van der Waals surface area (Å²) in [6.45, 7) is 3.64. The van der Waals surface area contributed by atoms with E-state index in [1.54, 1.807) is 30.9 Å². The number of carbonyl (C=O) groups excluding carboxylic acids is 2. The third-order valence-corrected chi connectivity index (χ3v) is 6.63. The molecule has 2 amide bonds. The molecule has 2 aromatic carbocycles. The number of aryl methyl sites for hydroxylation is 3. The lowest BCUT2D eigenvalue weighted by atomic mass is 9.97. The number of nitro benzene ring substituents is 1. The predicted molar refractivity (Wildman–Crippen MR) is 134 cm³/mol. The number of nitro groups is 1. The number of carbonyl (C=O) groups is 2. The van der Waals surface area contributed by atoms with E-state index in [0.29, 0.717) is 40.8 Å². The first kappa shape index (κ1) is 23.4. The maximum absolute atomic E-state index is 12.7. The van der Waals surface area contributed by atoms with Crippen molar-refractivity contribution < 1.29 is 18.9 Å². The van der Waals surface area contributed by atoms with Crippen LogP contribution in [0.3, 0.4) is 0 Å². The van der Waals surface area contributed by atoms with Crippen LogP contribution in [0.5, 0.6) is 0 Å². The van der Waals surface area contributed by atoms with Crippen molar-refractivity contribution in [2.45, 2.75) is 33.2 Å². The van der Waals surface area contributed by atoms with Gasteiger partial charge in [-0.25, -0.2) is 9.97 Å². The molecule has 0 unspecified atom stereocenters. The van der Waals surface area contributed by atoms with Crippen molar-refractivity contribution in [3.8, 4) is 11.3 Å². The molecule has 3 heterocycles. The smallest absolute Gasteiger partial charge is 0.295 e. The van der Waals surface area contributed by atoms with Crippen LogP contribution in [0.1, 0.15) is 39.7 Å². The average Bonchev–Trinajstić information content (AvgIpc) is 3.46. The molecule has 36 heavy (non-hydrogen) atoms. The first-order valence-corrected chi connectivity index (χ1v) is 12.0. The zero-order valence-corrected chi connectivity index (χ0v) is 20.3. The van der Waals surface area contributed by atoms with Gasteiger partial charge in [0, 0.05) is 42.1 Å². The molecule has 0 fully saturated rings. The minimum atomic E-state index is -0.444. The molecule has 0 radical (unpaired) electrons. The third-order valence-electron chi connectivity index (χ3n) is 5.87. The summed E-state index contributed by atoms with van der Waals surface area (Å²) in [6, 6.07) is 12.1. The van der Waals surface area contributed by atoms with Gasteiger partial charge in [-0.1, -0.05) is 18.2 Å². The molecule has 0 saturated heterocycles. The normalized spacial score (nSPS) is 12.9. The molecule has 1 aliphatic heterocycles. The van der Waals surface area contributed by atoms with E-state index in [-0.39, 0.29) is 23.9 Å². The van der Waals surface area contributed by atoms with Crippen LogP contribution in [0.15, 0.2) is 52.3 Å². The van der Waals surface area contributed by atoms with Gasteiger partial charge >= 0.3 is 0 Å². The van der Waals surface area contributed by atoms with Gasteiger partial charge in [-0.3, -0.25) is 25.0 Å². The number of non-ortho nitro benzene ring substituents is 1. The Hall–Kier alpha value is -4.38. The molecule has 1 aliphatic rings. The number of oxazole rings is 1. The number of benzene rings is 2. The SMILES string of the molecule is Cc1nc(C)c(C(=O)Nc2nc(-c3ccc4c(c3)CCC(=O)N4Cc3cccc([N+](=O)[O-])c3)cs2)o1. The molecule has 1 N–H and O–H groups in total. The Morgan fingerprint density at radius 3 is 2.78 bits per heavy atom. The van der Waals surface area contributed by atoms with Crippen molar-refractivity contribution in [2.75, 3.05) is 10.2 Å². The van der Waals surface area contributed by atoms with Gasteiger partial charge in [-0.2, -0.15) is 0 Å². The van der Waals surface area contributed by atoms with Crippen molar-refractivity contribution in [1.29, 1.82) is 0 Å². The lowest BCUT2D eigenvalue weighted by molar-refractivity contribution is -0.384. The van der Waals surface area contributed by atoms with E-state index in [2.05, 4.69) is 15.3 Å². The van der Waals surface area contributed by atoms with E-state index in [9.17, 15) is 19.7 Å². The van der Waals surface area contributed by atoms with E-state index < -0.39 is 10.8 Å². The van der Waals surface area contributed by atoms with Crippen LogP contribution in [-0.4, -0.2) is 26.7 Å². The average molecular weight is 504 g/mol. The van der Waals surface area contributed by atoms with Crippen LogP contribution >= 0.6 is 11.3 Å². The Morgan fingerprint density at radius 2 is 2.03 bits per heavy atom. The molecule has 182 valence electrons. The highest BCUT2D eigenvalue weighted by atomic mass is 32.1. The maximum Gasteiger partial charge on any atom is 0.295 e. The number of aromatic nitrogens is 2. The summed E-state index contributed by atoms with van der Waals surface area (Å²) < 4.78 is 5.37. The Kier molecular flexibility index (Phi) is 6.06. The Balaban J connectivity index is 1.36. The van der Waals surface area contributed by atoms with E-state index in [1.807, 2.05) is 23.6 Å². The van der Waals surface area contributed by atoms with Crippen molar-refractivity contribution in [3.05, 3.63) is 86.4 Å². The number of hydrogen-bond donors (Lipinski definition) is 1. The van der Waals surface area contributed by atoms with E-state index >= 15 is 0 Å². The van der Waals surface area contributed by atoms with Gasteiger partial charge in [0.2, 0.25) is 11.7 Å². The summed E-state index contributed by atoms with van der Waals surface area (Å²) >= 11 is 1.30. The maximum atomic E-state index is 12.7. The Bertz CT molecular complexity index is 1510.